The van der Waals surface area contributed by atoms with Crippen LogP contribution < -0.4 is 32.3 Å². The number of thiol groups is 1. The Labute approximate surface area is 361 Å². The van der Waals surface area contributed by atoms with Gasteiger partial charge >= 0.3 is 6.03 Å². The second-order valence-corrected chi connectivity index (χ2v) is 14.4. The number of likely N-dealkylation sites (N-methyl/N-ethyl adjacent to an activating group) is 1. The number of nitrogens with one attached hydrogen (secondary N) is 7. The van der Waals surface area contributed by atoms with Gasteiger partial charge in [0.1, 0.15) is 11.6 Å². The van der Waals surface area contributed by atoms with Crippen LogP contribution in [0.5, 0.6) is 0 Å². The normalized spacial score (nSPS) is 13.1. The topological polar surface area (TPSA) is 235 Å². The summed E-state index contributed by atoms with van der Waals surface area (Å²) in [6, 6.07) is 36.0. The van der Waals surface area contributed by atoms with Crippen LogP contribution in [-0.4, -0.2) is 88.4 Å². The first-order valence-electron chi connectivity index (χ1n) is 19.7. The first-order chi connectivity index (χ1) is 29.6. The largest absolute Gasteiger partial charge is 0.392 e. The van der Waals surface area contributed by atoms with Crippen molar-refractivity contribution < 1.29 is 24.6 Å². The minimum absolute atomic E-state index is 0.0958. The Morgan fingerprint density at radius 1 is 0.770 bits per heavy atom. The second-order valence-electron chi connectivity index (χ2n) is 13.9. The fourth-order valence-electron chi connectivity index (χ4n) is 6.50. The number of H-pyrrole nitrogens is 2. The average molecular weight is 849 g/mol. The van der Waals surface area contributed by atoms with Gasteiger partial charge in [-0.1, -0.05) is 109 Å². The van der Waals surface area contributed by atoms with E-state index in [9.17, 15) is 19.8 Å². The molecule has 0 radical (unpaired) electrons. The summed E-state index contributed by atoms with van der Waals surface area (Å²) in [5.41, 5.74) is 12.3. The maximum absolute atomic E-state index is 10.9. The number of aliphatic hydroxyl groups is 2. The minimum atomic E-state index is -0.730. The van der Waals surface area contributed by atoms with E-state index >= 15 is 0 Å². The molecule has 3 unspecified atom stereocenters. The van der Waals surface area contributed by atoms with E-state index in [1.165, 1.54) is 0 Å². The van der Waals surface area contributed by atoms with Crippen molar-refractivity contribution in [3.63, 3.8) is 0 Å². The van der Waals surface area contributed by atoms with E-state index in [0.29, 0.717) is 25.9 Å². The molecule has 2 heterocycles. The van der Waals surface area contributed by atoms with E-state index in [2.05, 4.69) is 121 Å². The standard InChI is InChI=1S/C35H41N7O3.C9H12N2OS.CH3NO/c1-23(44)17-37-21-33-39-19-31(41-33)26-12-8-24(9-13-26)25-10-14-27(15-11-25)32-20-40-35(42-32)30(16-29(45)18-38-22-43)34(36-2)28-6-4-3-5-7-28;1-10-9(12)11-8(13)7-5-3-2-4-6-7;2-1-3/h3-15,19-20,22-23,29-30,34,36-37,44-45H,16-18,21H2,1-2H3,(H,38,43)(H,39,41)(H,40,42);2-6,8,13H,1H3,(H2,10,11,12);1H,(H2,2,3)/t23?,29-,30?,34-;;/m1../s1. The monoisotopic (exact) mass is 848 g/mol. The van der Waals surface area contributed by atoms with Crippen molar-refractivity contribution in [2.75, 3.05) is 27.2 Å². The SMILES string of the molecule is CNC(=O)NC(S)c1ccccc1.CN[C@H](c1ccccc1)C(C[C@@H](O)CNC=O)c1ncc(-c2ccc(-c3ccc(-c4cnc(CNCC(C)O)[nH]4)cc3)cc2)[nH]1.NC=O. The summed E-state index contributed by atoms with van der Waals surface area (Å²) < 4.78 is 0. The lowest BCUT2D eigenvalue weighted by molar-refractivity contribution is -0.110. The number of urea groups is 1. The summed E-state index contributed by atoms with van der Waals surface area (Å²) in [6.07, 6.45) is 3.79. The highest BCUT2D eigenvalue weighted by Gasteiger charge is 2.28. The summed E-state index contributed by atoms with van der Waals surface area (Å²) in [6.45, 7) is 3.00. The van der Waals surface area contributed by atoms with E-state index in [0.717, 1.165) is 56.4 Å². The average Bonchev–Trinajstić information content (AvgIpc) is 3.98. The molecule has 6 aromatic rings. The third-order valence-electron chi connectivity index (χ3n) is 9.48. The summed E-state index contributed by atoms with van der Waals surface area (Å²) >= 11 is 4.24. The number of aromatic amines is 2. The maximum atomic E-state index is 10.9. The van der Waals surface area contributed by atoms with Gasteiger partial charge in [0.05, 0.1) is 47.9 Å². The molecule has 322 valence electrons. The van der Waals surface area contributed by atoms with Gasteiger partial charge in [0.2, 0.25) is 12.8 Å². The number of hydrogen-bond donors (Lipinski definition) is 11. The van der Waals surface area contributed by atoms with E-state index < -0.39 is 12.2 Å². The molecular formula is C45H56N10O5S. The fourth-order valence-corrected chi connectivity index (χ4v) is 6.79. The van der Waals surface area contributed by atoms with Gasteiger partial charge in [0, 0.05) is 32.1 Å². The number of nitrogens with two attached hydrogens (primary N) is 1. The highest BCUT2D eigenvalue weighted by atomic mass is 32.1. The Kier molecular flexibility index (Phi) is 19.7. The van der Waals surface area contributed by atoms with Crippen LogP contribution in [0.1, 0.15) is 53.5 Å². The summed E-state index contributed by atoms with van der Waals surface area (Å²) in [5, 5.41) is 34.1. The molecule has 0 saturated heterocycles. The van der Waals surface area contributed by atoms with Gasteiger partial charge in [-0.2, -0.15) is 0 Å². The number of carbonyl (C=O) groups is 3. The molecule has 61 heavy (non-hydrogen) atoms. The summed E-state index contributed by atoms with van der Waals surface area (Å²) in [4.78, 5) is 46.3. The van der Waals surface area contributed by atoms with Crippen LogP contribution in [0, 0.1) is 0 Å². The highest BCUT2D eigenvalue weighted by Crippen LogP contribution is 2.35. The number of benzene rings is 4. The van der Waals surface area contributed by atoms with Crippen molar-refractivity contribution in [1.82, 2.24) is 46.5 Å². The quantitative estimate of drug-likeness (QED) is 0.0324. The van der Waals surface area contributed by atoms with E-state index in [1.807, 2.05) is 68.0 Å². The van der Waals surface area contributed by atoms with Gasteiger partial charge in [-0.3, -0.25) is 9.59 Å². The third-order valence-corrected chi connectivity index (χ3v) is 9.90. The molecule has 11 N–H and O–H groups in total. The first-order valence-corrected chi connectivity index (χ1v) is 20.2. The lowest BCUT2D eigenvalue weighted by Gasteiger charge is -2.28. The predicted octanol–water partition coefficient (Wildman–Crippen LogP) is 4.79. The van der Waals surface area contributed by atoms with E-state index in [1.54, 1.807) is 14.0 Å². The Hall–Kier alpha value is -6.30. The van der Waals surface area contributed by atoms with Crippen molar-refractivity contribution in [2.45, 2.75) is 49.4 Å². The molecule has 0 aliphatic rings. The van der Waals surface area contributed by atoms with Crippen LogP contribution in [0.2, 0.25) is 0 Å². The maximum Gasteiger partial charge on any atom is 0.315 e. The molecular weight excluding hydrogens is 793 g/mol. The number of primary amides is 1. The zero-order valence-corrected chi connectivity index (χ0v) is 35.3. The molecule has 6 rings (SSSR count). The van der Waals surface area contributed by atoms with Gasteiger partial charge in [-0.05, 0) is 53.8 Å². The molecule has 4 aromatic carbocycles. The molecule has 0 aliphatic heterocycles. The van der Waals surface area contributed by atoms with Crippen molar-refractivity contribution in [3.05, 3.63) is 144 Å². The smallest absolute Gasteiger partial charge is 0.315 e. The molecule has 16 heteroatoms. The number of nitrogens with zero attached hydrogens (tertiary/aromatic N) is 2. The molecule has 0 aliphatic carbocycles. The highest BCUT2D eigenvalue weighted by molar-refractivity contribution is 7.80. The second kappa shape index (κ2) is 25.4. The summed E-state index contributed by atoms with van der Waals surface area (Å²) in [5.74, 6) is 1.42. The van der Waals surface area contributed by atoms with Crippen LogP contribution >= 0.6 is 12.6 Å². The van der Waals surface area contributed by atoms with Gasteiger partial charge in [0.25, 0.3) is 0 Å². The molecule has 2 aromatic heterocycles. The van der Waals surface area contributed by atoms with Gasteiger partial charge < -0.3 is 52.5 Å². The molecule has 5 atom stereocenters. The number of hydrogen-bond acceptors (Lipinski definition) is 10. The number of amides is 4. The molecule has 0 fully saturated rings. The lowest BCUT2D eigenvalue weighted by atomic mass is 9.87. The molecule has 0 saturated carbocycles. The van der Waals surface area contributed by atoms with Crippen LogP contribution in [0.15, 0.2) is 122 Å². The van der Waals surface area contributed by atoms with Crippen molar-refractivity contribution in [2.24, 2.45) is 5.73 Å². The molecule has 0 spiro atoms. The molecule has 4 amide bonds. The summed E-state index contributed by atoms with van der Waals surface area (Å²) in [7, 11) is 3.47. The molecule has 0 bridgehead atoms. The number of aliphatic hydroxyl groups excluding tert-OH is 2. The Morgan fingerprint density at radius 3 is 1.82 bits per heavy atom. The Balaban J connectivity index is 0.000000431. The van der Waals surface area contributed by atoms with Crippen molar-refractivity contribution in [3.8, 4) is 33.6 Å². The van der Waals surface area contributed by atoms with Gasteiger partial charge in [-0.25, -0.2) is 14.8 Å². The Bertz CT molecular complexity index is 2170. The number of carbonyl (C=O) groups excluding carboxylic acids is 3. The zero-order chi connectivity index (χ0) is 44.0. The van der Waals surface area contributed by atoms with Crippen LogP contribution in [0.25, 0.3) is 33.6 Å². The van der Waals surface area contributed by atoms with Crippen LogP contribution in [0.3, 0.4) is 0 Å². The van der Waals surface area contributed by atoms with E-state index in [-0.39, 0.29) is 36.3 Å². The van der Waals surface area contributed by atoms with Gasteiger partial charge in [-0.15, -0.1) is 12.6 Å². The lowest BCUT2D eigenvalue weighted by Crippen LogP contribution is -2.33. The molecule has 15 nitrogen and oxygen atoms in total. The minimum Gasteiger partial charge on any atom is -0.392 e. The van der Waals surface area contributed by atoms with Crippen LogP contribution in [-0.2, 0) is 16.1 Å². The van der Waals surface area contributed by atoms with E-state index in [4.69, 9.17) is 9.78 Å². The zero-order valence-electron chi connectivity index (χ0n) is 34.5. The van der Waals surface area contributed by atoms with Gasteiger partial charge in [0.15, 0.2) is 0 Å². The predicted molar refractivity (Wildman–Crippen MR) is 242 cm³/mol. The van der Waals surface area contributed by atoms with Crippen LogP contribution in [0.4, 0.5) is 4.79 Å². The number of aromatic nitrogens is 4. The first kappa shape index (κ1) is 47.4. The third kappa shape index (κ3) is 15.0. The Morgan fingerprint density at radius 2 is 1.30 bits per heavy atom. The number of imidazole rings is 2. The van der Waals surface area contributed by atoms with Crippen molar-refractivity contribution >= 4 is 31.5 Å². The van der Waals surface area contributed by atoms with Crippen molar-refractivity contribution in [1.29, 1.82) is 0 Å². The number of rotatable bonds is 18. The fraction of sp³-hybridized carbons (Fsp3) is 0.267.